The summed E-state index contributed by atoms with van der Waals surface area (Å²) in [7, 11) is -0.546. The fraction of sp³-hybridized carbons (Fsp3) is 0.214. The van der Waals surface area contributed by atoms with E-state index in [0.29, 0.717) is 16.1 Å². The van der Waals surface area contributed by atoms with E-state index in [1.807, 2.05) is 6.92 Å². The minimum absolute atomic E-state index is 0.0602. The Morgan fingerprint density at radius 2 is 1.50 bits per heavy atom. The van der Waals surface area contributed by atoms with Crippen LogP contribution in [0.5, 0.6) is 0 Å². The van der Waals surface area contributed by atoms with Crippen LogP contribution in [0.3, 0.4) is 0 Å². The van der Waals surface area contributed by atoms with E-state index in [1.54, 1.807) is 66.7 Å². The third-order valence-electron chi connectivity index (χ3n) is 5.99. The van der Waals surface area contributed by atoms with Crippen LogP contribution in [0.2, 0.25) is 5.02 Å². The Kier molecular flexibility index (Phi) is 9.32. The second-order valence-corrected chi connectivity index (χ2v) is 10.4. The third kappa shape index (κ3) is 6.07. The Morgan fingerprint density at radius 3 is 2.03 bits per heavy atom. The minimum Gasteiger partial charge on any atom is -0.467 e. The summed E-state index contributed by atoms with van der Waals surface area (Å²) in [6.07, 6.45) is 1.29. The van der Waals surface area contributed by atoms with Gasteiger partial charge in [-0.2, -0.15) is 0 Å². The average Bonchev–Trinajstić information content (AvgIpc) is 2.93. The number of carbonyl (C=O) groups excluding carboxylic acids is 2. The highest BCUT2D eigenvalue weighted by Gasteiger charge is 2.49. The summed E-state index contributed by atoms with van der Waals surface area (Å²) in [6.45, 7) is 1.82. The van der Waals surface area contributed by atoms with Gasteiger partial charge in [0.05, 0.1) is 19.1 Å². The van der Waals surface area contributed by atoms with Crippen LogP contribution >= 0.6 is 11.6 Å². The zero-order chi connectivity index (χ0) is 27.9. The lowest BCUT2D eigenvalue weighted by molar-refractivity contribution is -0.169. The summed E-state index contributed by atoms with van der Waals surface area (Å²) in [4.78, 5) is 26.3. The normalized spacial score (nSPS) is 14.2. The van der Waals surface area contributed by atoms with Crippen LogP contribution < -0.4 is 4.72 Å². The lowest BCUT2D eigenvalue weighted by Crippen LogP contribution is -2.44. The molecule has 1 N–H and O–H groups in total. The molecule has 0 saturated heterocycles. The van der Waals surface area contributed by atoms with E-state index in [2.05, 4.69) is 4.72 Å². The molecule has 0 heterocycles. The molecule has 200 valence electrons. The molecule has 2 atom stereocenters. The van der Waals surface area contributed by atoms with Gasteiger partial charge in [0.15, 0.2) is 5.60 Å². The minimum atomic E-state index is -4.21. The molecule has 3 aromatic rings. The molecule has 0 aliphatic carbocycles. The molecule has 0 bridgehead atoms. The lowest BCUT2D eigenvalue weighted by atomic mass is 9.76. The van der Waals surface area contributed by atoms with Crippen molar-refractivity contribution >= 4 is 33.6 Å². The standard InChI is InChI=1S/C28H28ClNO7S/c1-19-10-16-23(17-11-19)38(33,34)30-25(26(31)35-2)18-24(20-12-14-22(29)15-13-20)28(37-4,27(32)36-3)21-8-6-5-7-9-21/h5-18,24,30H,1-4H3/b25-18-. The van der Waals surface area contributed by atoms with Crippen LogP contribution in [0, 0.1) is 6.92 Å². The van der Waals surface area contributed by atoms with E-state index < -0.39 is 39.2 Å². The Balaban J connectivity index is 2.30. The van der Waals surface area contributed by atoms with Crippen LogP contribution in [-0.4, -0.2) is 41.7 Å². The number of rotatable bonds is 10. The molecule has 3 rings (SSSR count). The van der Waals surface area contributed by atoms with E-state index in [9.17, 15) is 18.0 Å². The first-order chi connectivity index (χ1) is 18.1. The summed E-state index contributed by atoms with van der Waals surface area (Å²) >= 11 is 6.11. The first kappa shape index (κ1) is 28.9. The highest BCUT2D eigenvalue weighted by molar-refractivity contribution is 7.89. The van der Waals surface area contributed by atoms with Crippen molar-refractivity contribution in [3.63, 3.8) is 0 Å². The summed E-state index contributed by atoms with van der Waals surface area (Å²) in [5.74, 6) is -2.81. The molecular formula is C28H28ClNO7S. The molecule has 0 aromatic heterocycles. The van der Waals surface area contributed by atoms with Gasteiger partial charge in [0.25, 0.3) is 10.0 Å². The number of benzene rings is 3. The van der Waals surface area contributed by atoms with Crippen molar-refractivity contribution < 1.29 is 32.2 Å². The van der Waals surface area contributed by atoms with Gasteiger partial charge in [0, 0.05) is 18.1 Å². The average molecular weight is 558 g/mol. The van der Waals surface area contributed by atoms with Gasteiger partial charge in [-0.05, 0) is 48.4 Å². The second-order valence-electron chi connectivity index (χ2n) is 8.32. The Hall–Kier alpha value is -3.66. The number of halogens is 1. The second kappa shape index (κ2) is 12.3. The summed E-state index contributed by atoms with van der Waals surface area (Å²) < 4.78 is 44.7. The molecule has 0 radical (unpaired) electrons. The molecule has 0 amide bonds. The monoisotopic (exact) mass is 557 g/mol. The van der Waals surface area contributed by atoms with Crippen LogP contribution in [0.1, 0.15) is 22.6 Å². The van der Waals surface area contributed by atoms with Gasteiger partial charge in [-0.25, -0.2) is 18.0 Å². The number of hydrogen-bond donors (Lipinski definition) is 1. The first-order valence-electron chi connectivity index (χ1n) is 11.4. The largest absolute Gasteiger partial charge is 0.467 e. The molecule has 8 nitrogen and oxygen atoms in total. The smallest absolute Gasteiger partial charge is 0.354 e. The van der Waals surface area contributed by atoms with Crippen molar-refractivity contribution in [2.75, 3.05) is 21.3 Å². The van der Waals surface area contributed by atoms with Crippen LogP contribution in [-0.2, 0) is 39.4 Å². The highest BCUT2D eigenvalue weighted by atomic mass is 35.5. The third-order valence-corrected chi connectivity index (χ3v) is 7.63. The van der Waals surface area contributed by atoms with E-state index in [-0.39, 0.29) is 4.90 Å². The number of hydrogen-bond acceptors (Lipinski definition) is 7. The van der Waals surface area contributed by atoms with Crippen LogP contribution in [0.4, 0.5) is 0 Å². The molecule has 3 aromatic carbocycles. The number of sulfonamides is 1. The van der Waals surface area contributed by atoms with Gasteiger partial charge in [-0.3, -0.25) is 4.72 Å². The number of carbonyl (C=O) groups is 2. The zero-order valence-electron chi connectivity index (χ0n) is 21.3. The molecule has 10 heteroatoms. The van der Waals surface area contributed by atoms with E-state index in [0.717, 1.165) is 12.7 Å². The summed E-state index contributed by atoms with van der Waals surface area (Å²) in [6, 6.07) is 21.2. The SMILES string of the molecule is COC(=O)/C(=C/C(c1ccc(Cl)cc1)C(OC)(C(=O)OC)c1ccccc1)NS(=O)(=O)c1ccc(C)cc1. The predicted octanol–water partition coefficient (Wildman–Crippen LogP) is 4.48. The molecule has 0 saturated carbocycles. The fourth-order valence-electron chi connectivity index (χ4n) is 4.05. The number of nitrogens with one attached hydrogen (secondary N) is 1. The van der Waals surface area contributed by atoms with E-state index in [4.69, 9.17) is 25.8 Å². The molecule has 2 unspecified atom stereocenters. The van der Waals surface area contributed by atoms with Crippen molar-refractivity contribution in [3.8, 4) is 0 Å². The molecule has 0 aliphatic rings. The Labute approximate surface area is 227 Å². The predicted molar refractivity (Wildman–Crippen MR) is 143 cm³/mol. The Bertz CT molecular complexity index is 1410. The maximum absolute atomic E-state index is 13.4. The molecule has 0 spiro atoms. The van der Waals surface area contributed by atoms with Gasteiger partial charge in [0.1, 0.15) is 5.70 Å². The van der Waals surface area contributed by atoms with Gasteiger partial charge in [-0.1, -0.05) is 71.8 Å². The van der Waals surface area contributed by atoms with Crippen molar-refractivity contribution in [1.29, 1.82) is 0 Å². The van der Waals surface area contributed by atoms with Crippen molar-refractivity contribution in [3.05, 3.63) is 112 Å². The number of ether oxygens (including phenoxy) is 3. The van der Waals surface area contributed by atoms with E-state index in [1.165, 1.54) is 32.4 Å². The highest BCUT2D eigenvalue weighted by Crippen LogP contribution is 2.43. The maximum atomic E-state index is 13.4. The maximum Gasteiger partial charge on any atom is 0.354 e. The van der Waals surface area contributed by atoms with Crippen LogP contribution in [0.15, 0.2) is 95.5 Å². The quantitative estimate of drug-likeness (QED) is 0.289. The van der Waals surface area contributed by atoms with E-state index >= 15 is 0 Å². The van der Waals surface area contributed by atoms with Crippen molar-refractivity contribution in [2.24, 2.45) is 0 Å². The van der Waals surface area contributed by atoms with Crippen molar-refractivity contribution in [1.82, 2.24) is 4.72 Å². The van der Waals surface area contributed by atoms with Gasteiger partial charge in [0.2, 0.25) is 0 Å². The first-order valence-corrected chi connectivity index (χ1v) is 13.3. The summed E-state index contributed by atoms with van der Waals surface area (Å²) in [5.41, 5.74) is -0.480. The molecule has 38 heavy (non-hydrogen) atoms. The number of esters is 2. The van der Waals surface area contributed by atoms with Gasteiger partial charge in [-0.15, -0.1) is 0 Å². The summed E-state index contributed by atoms with van der Waals surface area (Å²) in [5, 5.41) is 0.436. The fourth-order valence-corrected chi connectivity index (χ4v) is 5.23. The Morgan fingerprint density at radius 1 is 0.895 bits per heavy atom. The zero-order valence-corrected chi connectivity index (χ0v) is 22.9. The van der Waals surface area contributed by atoms with Gasteiger partial charge < -0.3 is 14.2 Å². The molecule has 0 aliphatic heterocycles. The topological polar surface area (TPSA) is 108 Å². The van der Waals surface area contributed by atoms with Crippen LogP contribution in [0.25, 0.3) is 0 Å². The molecular weight excluding hydrogens is 530 g/mol. The number of aryl methyl sites for hydroxylation is 1. The van der Waals surface area contributed by atoms with Gasteiger partial charge >= 0.3 is 11.9 Å². The lowest BCUT2D eigenvalue weighted by Gasteiger charge is -2.36. The van der Waals surface area contributed by atoms with Crippen molar-refractivity contribution in [2.45, 2.75) is 23.3 Å². The number of methoxy groups -OCH3 is 3. The molecule has 0 fully saturated rings.